The van der Waals surface area contributed by atoms with Crippen molar-refractivity contribution in [3.8, 4) is 77.9 Å². The van der Waals surface area contributed by atoms with Crippen LogP contribution in [0.5, 0.6) is 0 Å². The van der Waals surface area contributed by atoms with Gasteiger partial charge in [0.15, 0.2) is 0 Å². The maximum Gasteiger partial charge on any atom is 0.0465 e. The first-order chi connectivity index (χ1) is 52.0. The lowest BCUT2D eigenvalue weighted by Crippen LogP contribution is -2.19. The lowest BCUT2D eigenvalue weighted by molar-refractivity contribution is 0.659. The van der Waals surface area contributed by atoms with Crippen LogP contribution < -0.4 is 9.80 Å². The first kappa shape index (κ1) is 65.7. The summed E-state index contributed by atoms with van der Waals surface area (Å²) >= 11 is 0. The van der Waals surface area contributed by atoms with E-state index in [1.54, 1.807) is 0 Å². The van der Waals surface area contributed by atoms with Gasteiger partial charge in [0.05, 0.1) is 0 Å². The molecule has 2 heteroatoms. The number of nitrogens with zero attached hydrogens (tertiary/aromatic N) is 2. The third-order valence-corrected chi connectivity index (χ3v) is 26.3. The topological polar surface area (TPSA) is 6.48 Å². The Morgan fingerprint density at radius 2 is 0.343 bits per heavy atom. The summed E-state index contributed by atoms with van der Waals surface area (Å²) < 4.78 is 0. The van der Waals surface area contributed by atoms with Gasteiger partial charge in [-0.3, -0.25) is 0 Å². The number of benzene rings is 14. The molecule has 0 atom stereocenters. The summed E-state index contributed by atoms with van der Waals surface area (Å²) in [5.41, 5.74) is 45.5. The van der Waals surface area contributed by atoms with Crippen molar-refractivity contribution < 1.29 is 0 Å². The van der Waals surface area contributed by atoms with Gasteiger partial charge in [0.1, 0.15) is 0 Å². The van der Waals surface area contributed by atoms with E-state index < -0.39 is 0 Å². The van der Waals surface area contributed by atoms with Gasteiger partial charge in [0.2, 0.25) is 0 Å². The van der Waals surface area contributed by atoms with E-state index in [0.29, 0.717) is 0 Å². The Kier molecular flexibility index (Phi) is 14.2. The Bertz CT molecular complexity index is 5640. The van der Waals surface area contributed by atoms with Gasteiger partial charge < -0.3 is 9.80 Å². The highest BCUT2D eigenvalue weighted by Crippen LogP contribution is 2.59. The average molecular weight is 1390 g/mol. The van der Waals surface area contributed by atoms with E-state index in [1.807, 2.05) is 0 Å². The number of rotatable bonds is 11. The Hall–Kier alpha value is -11.8. The smallest absolute Gasteiger partial charge is 0.0465 e. The van der Waals surface area contributed by atoms with Gasteiger partial charge in [0, 0.05) is 66.6 Å². The molecule has 0 radical (unpaired) electrons. The van der Waals surface area contributed by atoms with E-state index in [-0.39, 0.29) is 32.5 Å². The summed E-state index contributed by atoms with van der Waals surface area (Å²) in [5, 5.41) is 0. The summed E-state index contributed by atoms with van der Waals surface area (Å²) in [6.45, 7) is 28.7. The molecule has 6 aliphatic carbocycles. The molecule has 6 aliphatic rings. The van der Waals surface area contributed by atoms with Gasteiger partial charge in [0.25, 0.3) is 0 Å². The van der Waals surface area contributed by atoms with Crippen LogP contribution >= 0.6 is 0 Å². The molecule has 0 heterocycles. The van der Waals surface area contributed by atoms with Crippen molar-refractivity contribution in [2.75, 3.05) is 9.80 Å². The molecule has 108 heavy (non-hydrogen) atoms. The fourth-order valence-corrected chi connectivity index (χ4v) is 20.1. The van der Waals surface area contributed by atoms with Crippen molar-refractivity contribution >= 4 is 58.4 Å². The minimum absolute atomic E-state index is 0.129. The van der Waals surface area contributed by atoms with Crippen molar-refractivity contribution in [1.82, 2.24) is 0 Å². The lowest BCUT2D eigenvalue weighted by Gasteiger charge is -2.31. The monoisotopic (exact) mass is 1390 g/mol. The largest absolute Gasteiger partial charge is 0.310 e. The molecule has 0 saturated carbocycles. The molecule has 14 aromatic carbocycles. The molecule has 0 unspecified atom stereocenters. The fourth-order valence-electron chi connectivity index (χ4n) is 20.1. The number of hydrogen-bond donors (Lipinski definition) is 0. The average Bonchev–Trinajstić information content (AvgIpc) is 1.56. The SMILES string of the molecule is CC1(C)c2ccccc2-c2ccc(N(c3ccc4c(c3)C(C)(C)c3ccccc3-4)c3ccc4c(c3)C(C)(C)c3cc(C=Cc5ccc(-c6ccc(C=Cc7ccc8c(c7)C(C)(C)c7cc(N(c9ccc%10c(c9)C(C)(C)c9ccccc9-%10)c9ccc%10c(c9)C(C)(C)c9ccccc9-%10)ccc7-8)cc6)cc5)ccc3-4)cc21. The molecule has 0 aliphatic heterocycles. The summed E-state index contributed by atoms with van der Waals surface area (Å²) in [4.78, 5) is 5.04. The maximum absolute atomic E-state index is 2.52. The third-order valence-electron chi connectivity index (χ3n) is 26.3. The first-order valence-corrected chi connectivity index (χ1v) is 38.8. The minimum Gasteiger partial charge on any atom is -0.310 e. The Morgan fingerprint density at radius 1 is 0.167 bits per heavy atom. The zero-order valence-electron chi connectivity index (χ0n) is 63.9. The van der Waals surface area contributed by atoms with Crippen LogP contribution in [0.4, 0.5) is 34.1 Å². The molecule has 2 nitrogen and oxygen atoms in total. The number of fused-ring (bicyclic) bond motifs is 18. The van der Waals surface area contributed by atoms with Gasteiger partial charge in [-0.15, -0.1) is 0 Å². The van der Waals surface area contributed by atoms with Crippen LogP contribution in [0.2, 0.25) is 0 Å². The molecule has 0 fully saturated rings. The molecule has 0 saturated heterocycles. The minimum atomic E-state index is -0.233. The molecule has 0 spiro atoms. The van der Waals surface area contributed by atoms with E-state index in [1.165, 1.54) is 201 Å². The van der Waals surface area contributed by atoms with E-state index in [9.17, 15) is 0 Å². The second kappa shape index (κ2) is 23.3. The van der Waals surface area contributed by atoms with Crippen molar-refractivity contribution in [3.05, 3.63) is 380 Å². The van der Waals surface area contributed by atoms with Gasteiger partial charge in [-0.05, 0) is 240 Å². The molecular weight excluding hydrogens is 1300 g/mol. The van der Waals surface area contributed by atoms with Gasteiger partial charge >= 0.3 is 0 Å². The Balaban J connectivity index is 0.538. The maximum atomic E-state index is 2.52. The van der Waals surface area contributed by atoms with Crippen LogP contribution in [0.15, 0.2) is 291 Å². The fraction of sp³-hybridized carbons (Fsp3) is 0.170. The summed E-state index contributed by atoms with van der Waals surface area (Å²) in [5.74, 6) is 0. The third kappa shape index (κ3) is 9.71. The molecule has 0 bridgehead atoms. The van der Waals surface area contributed by atoms with E-state index in [4.69, 9.17) is 0 Å². The predicted octanol–water partition coefficient (Wildman–Crippen LogP) is 28.5. The van der Waals surface area contributed by atoms with E-state index in [0.717, 1.165) is 0 Å². The van der Waals surface area contributed by atoms with E-state index >= 15 is 0 Å². The van der Waals surface area contributed by atoms with Crippen LogP contribution in [0.3, 0.4) is 0 Å². The Labute approximate surface area is 637 Å². The standard InChI is InChI=1S/C106H88N2/c1-101(2)89-25-17-13-21-77(89)83-51-43-71(59-95(83)101)107(72-44-52-84-78-22-14-18-26-90(78)102(3,4)96(84)60-72)75-47-55-87-81-49-37-67(57-93(81)105(9,10)99(87)63-75)31-29-65-33-39-69(40-34-65)70-41-35-66(36-42-70)30-32-68-38-50-82-88-56-48-76(64-100(88)106(11,12)94(82)58-68)108(73-45-53-85-79-23-15-19-27-91(79)103(5,6)97(85)61-73)74-46-54-86-80-24-16-20-28-92(80)104(7,8)98(86)62-74/h13-64H,1-12H3. The molecule has 0 amide bonds. The van der Waals surface area contributed by atoms with Gasteiger partial charge in [-0.1, -0.05) is 326 Å². The van der Waals surface area contributed by atoms with Crippen molar-refractivity contribution in [2.45, 2.75) is 116 Å². The van der Waals surface area contributed by atoms with Crippen LogP contribution in [0.25, 0.3) is 102 Å². The molecule has 0 aromatic heterocycles. The van der Waals surface area contributed by atoms with E-state index in [2.05, 4.69) is 408 Å². The summed E-state index contributed by atoms with van der Waals surface area (Å²) in [6, 6.07) is 111. The molecule has 522 valence electrons. The van der Waals surface area contributed by atoms with Crippen LogP contribution in [-0.4, -0.2) is 0 Å². The van der Waals surface area contributed by atoms with Crippen LogP contribution in [-0.2, 0) is 32.5 Å². The highest BCUT2D eigenvalue weighted by molar-refractivity contribution is 5.95. The second-order valence-electron chi connectivity index (χ2n) is 34.5. The number of anilines is 6. The molecule has 0 N–H and O–H groups in total. The van der Waals surface area contributed by atoms with Crippen LogP contribution in [0, 0.1) is 0 Å². The van der Waals surface area contributed by atoms with Crippen molar-refractivity contribution in [2.24, 2.45) is 0 Å². The second-order valence-corrected chi connectivity index (χ2v) is 34.5. The van der Waals surface area contributed by atoms with Crippen LogP contribution in [0.1, 0.15) is 172 Å². The zero-order valence-corrected chi connectivity index (χ0v) is 63.9. The highest BCUT2D eigenvalue weighted by atomic mass is 15.1. The Morgan fingerprint density at radius 3 is 0.583 bits per heavy atom. The quantitative estimate of drug-likeness (QED) is 0.119. The normalized spacial score (nSPS) is 16.1. The zero-order chi connectivity index (χ0) is 73.7. The molecular formula is C106H88N2. The lowest BCUT2D eigenvalue weighted by atomic mass is 9.81. The highest BCUT2D eigenvalue weighted by Gasteiger charge is 2.43. The first-order valence-electron chi connectivity index (χ1n) is 38.8. The molecule has 20 rings (SSSR count). The predicted molar refractivity (Wildman–Crippen MR) is 457 cm³/mol. The summed E-state index contributed by atoms with van der Waals surface area (Å²) in [7, 11) is 0. The molecule has 14 aromatic rings. The number of hydrogen-bond acceptors (Lipinski definition) is 2. The summed E-state index contributed by atoms with van der Waals surface area (Å²) in [6.07, 6.45) is 9.07. The van der Waals surface area contributed by atoms with Gasteiger partial charge in [-0.2, -0.15) is 0 Å². The van der Waals surface area contributed by atoms with Gasteiger partial charge in [-0.25, -0.2) is 0 Å². The van der Waals surface area contributed by atoms with Crippen molar-refractivity contribution in [3.63, 3.8) is 0 Å². The van der Waals surface area contributed by atoms with Crippen molar-refractivity contribution in [1.29, 1.82) is 0 Å².